The Hall–Kier alpha value is -1.77. The molecule has 0 bridgehead atoms. The van der Waals surface area contributed by atoms with Gasteiger partial charge in [-0.05, 0) is 37.1 Å². The highest BCUT2D eigenvalue weighted by Crippen LogP contribution is 2.19. The van der Waals surface area contributed by atoms with Crippen molar-refractivity contribution >= 4 is 11.5 Å². The maximum Gasteiger partial charge on any atom is 0.192 e. The second kappa shape index (κ2) is 5.04. The van der Waals surface area contributed by atoms with E-state index in [0.29, 0.717) is 0 Å². The van der Waals surface area contributed by atoms with Gasteiger partial charge in [0.2, 0.25) is 0 Å². The quantitative estimate of drug-likeness (QED) is 0.749. The van der Waals surface area contributed by atoms with E-state index in [9.17, 15) is 4.79 Å². The van der Waals surface area contributed by atoms with Crippen molar-refractivity contribution in [3.05, 3.63) is 41.7 Å². The van der Waals surface area contributed by atoms with Crippen LogP contribution in [0.4, 0.5) is 5.69 Å². The van der Waals surface area contributed by atoms with E-state index >= 15 is 0 Å². The molecule has 3 heteroatoms. The number of carbonyl (C=O) groups is 1. The van der Waals surface area contributed by atoms with Crippen molar-refractivity contribution in [3.63, 3.8) is 0 Å². The van der Waals surface area contributed by atoms with E-state index in [4.69, 9.17) is 4.74 Å². The zero-order valence-corrected chi connectivity index (χ0v) is 10.3. The molecule has 1 aromatic carbocycles. The summed E-state index contributed by atoms with van der Waals surface area (Å²) in [6.07, 6.45) is 3.34. The van der Waals surface area contributed by atoms with Crippen molar-refractivity contribution in [2.24, 2.45) is 0 Å². The molecule has 0 saturated heterocycles. The first-order valence-corrected chi connectivity index (χ1v) is 5.81. The summed E-state index contributed by atoms with van der Waals surface area (Å²) in [5.41, 5.74) is 2.59. The summed E-state index contributed by atoms with van der Waals surface area (Å²) >= 11 is 0. The van der Waals surface area contributed by atoms with Crippen LogP contribution in [0, 0.1) is 0 Å². The molecular formula is C14H17NO2. The van der Waals surface area contributed by atoms with Crippen LogP contribution in [0.5, 0.6) is 0 Å². The van der Waals surface area contributed by atoms with Crippen molar-refractivity contribution in [2.75, 3.05) is 25.6 Å². The predicted molar refractivity (Wildman–Crippen MR) is 68.4 cm³/mol. The number of anilines is 1. The summed E-state index contributed by atoms with van der Waals surface area (Å²) in [7, 11) is 3.96. The number of allylic oxidation sites excluding steroid dienone is 1. The van der Waals surface area contributed by atoms with E-state index in [-0.39, 0.29) is 5.78 Å². The summed E-state index contributed by atoms with van der Waals surface area (Å²) in [5, 5.41) is 0. The van der Waals surface area contributed by atoms with Crippen LogP contribution in [0.15, 0.2) is 36.1 Å². The van der Waals surface area contributed by atoms with E-state index in [1.165, 1.54) is 0 Å². The van der Waals surface area contributed by atoms with Gasteiger partial charge in [-0.3, -0.25) is 4.79 Å². The molecule has 0 spiro atoms. The van der Waals surface area contributed by atoms with Crippen molar-refractivity contribution in [1.29, 1.82) is 0 Å². The van der Waals surface area contributed by atoms with Gasteiger partial charge in [0.15, 0.2) is 5.78 Å². The second-order valence-electron chi connectivity index (χ2n) is 4.39. The van der Waals surface area contributed by atoms with Gasteiger partial charge in [0.1, 0.15) is 0 Å². The lowest BCUT2D eigenvalue weighted by molar-refractivity contribution is 0.101. The minimum Gasteiger partial charge on any atom is -0.501 e. The van der Waals surface area contributed by atoms with Gasteiger partial charge < -0.3 is 9.64 Å². The standard InChI is InChI=1S/C14H17NO2/c1-15(2)13-7-5-11(6-8-13)14(16)12-4-3-9-17-10-12/h5-8,10H,3-4,9H2,1-2H3. The molecule has 0 atom stereocenters. The molecule has 3 nitrogen and oxygen atoms in total. The molecule has 1 aliphatic rings. The Morgan fingerprint density at radius 2 is 1.94 bits per heavy atom. The molecule has 0 N–H and O–H groups in total. The highest BCUT2D eigenvalue weighted by Gasteiger charge is 2.15. The SMILES string of the molecule is CN(C)c1ccc(C(=O)C2=COCCC2)cc1. The van der Waals surface area contributed by atoms with E-state index < -0.39 is 0 Å². The zero-order chi connectivity index (χ0) is 12.3. The van der Waals surface area contributed by atoms with E-state index in [0.717, 1.165) is 36.3 Å². The van der Waals surface area contributed by atoms with Crippen molar-refractivity contribution in [2.45, 2.75) is 12.8 Å². The number of Topliss-reactive ketones (excluding diaryl/α,β-unsaturated/α-hetero) is 1. The Morgan fingerprint density at radius 3 is 2.47 bits per heavy atom. The molecule has 0 aliphatic carbocycles. The molecule has 17 heavy (non-hydrogen) atoms. The third-order valence-corrected chi connectivity index (χ3v) is 2.87. The molecule has 2 rings (SSSR count). The fourth-order valence-electron chi connectivity index (χ4n) is 1.83. The molecule has 90 valence electrons. The van der Waals surface area contributed by atoms with Gasteiger partial charge in [0.05, 0.1) is 12.9 Å². The van der Waals surface area contributed by atoms with Gasteiger partial charge >= 0.3 is 0 Å². The van der Waals surface area contributed by atoms with E-state index in [1.807, 2.05) is 43.3 Å². The number of ether oxygens (including phenoxy) is 1. The van der Waals surface area contributed by atoms with Crippen LogP contribution in [-0.2, 0) is 4.74 Å². The van der Waals surface area contributed by atoms with Gasteiger partial charge in [0, 0.05) is 30.9 Å². The number of ketones is 1. The molecule has 1 aromatic rings. The van der Waals surface area contributed by atoms with Crippen LogP contribution in [0.25, 0.3) is 0 Å². The lowest BCUT2D eigenvalue weighted by Crippen LogP contribution is -2.11. The Kier molecular flexibility index (Phi) is 3.47. The Bertz CT molecular complexity index is 432. The Morgan fingerprint density at radius 1 is 1.24 bits per heavy atom. The minimum atomic E-state index is 0.0787. The number of hydrogen-bond acceptors (Lipinski definition) is 3. The fourth-order valence-corrected chi connectivity index (χ4v) is 1.83. The maximum atomic E-state index is 12.1. The maximum absolute atomic E-state index is 12.1. The summed E-state index contributed by atoms with van der Waals surface area (Å²) in [6.45, 7) is 0.719. The molecule has 0 fully saturated rings. The van der Waals surface area contributed by atoms with Gasteiger partial charge in [-0.1, -0.05) is 0 Å². The first-order valence-electron chi connectivity index (χ1n) is 5.81. The lowest BCUT2D eigenvalue weighted by Gasteiger charge is -2.14. The van der Waals surface area contributed by atoms with E-state index in [1.54, 1.807) is 6.26 Å². The fraction of sp³-hybridized carbons (Fsp3) is 0.357. The molecular weight excluding hydrogens is 214 g/mol. The number of nitrogens with zero attached hydrogens (tertiary/aromatic N) is 1. The largest absolute Gasteiger partial charge is 0.501 e. The highest BCUT2D eigenvalue weighted by atomic mass is 16.5. The molecule has 0 radical (unpaired) electrons. The second-order valence-corrected chi connectivity index (χ2v) is 4.39. The van der Waals surface area contributed by atoms with Gasteiger partial charge in [-0.2, -0.15) is 0 Å². The summed E-state index contributed by atoms with van der Waals surface area (Å²) < 4.78 is 5.20. The molecule has 0 saturated carbocycles. The first kappa shape index (κ1) is 11.7. The number of hydrogen-bond donors (Lipinski definition) is 0. The number of carbonyl (C=O) groups excluding carboxylic acids is 1. The summed E-state index contributed by atoms with van der Waals surface area (Å²) in [4.78, 5) is 14.1. The lowest BCUT2D eigenvalue weighted by atomic mass is 9.99. The average Bonchev–Trinajstić information content (AvgIpc) is 2.39. The van der Waals surface area contributed by atoms with Crippen LogP contribution in [0.2, 0.25) is 0 Å². The number of benzene rings is 1. The highest BCUT2D eigenvalue weighted by molar-refractivity contribution is 6.08. The summed E-state index contributed by atoms with van der Waals surface area (Å²) in [6, 6.07) is 7.65. The molecule has 0 aromatic heterocycles. The van der Waals surface area contributed by atoms with Crippen LogP contribution < -0.4 is 4.90 Å². The van der Waals surface area contributed by atoms with Crippen molar-refractivity contribution in [3.8, 4) is 0 Å². The first-order chi connectivity index (χ1) is 8.18. The summed E-state index contributed by atoms with van der Waals surface area (Å²) in [5.74, 6) is 0.0787. The van der Waals surface area contributed by atoms with Gasteiger partial charge in [-0.15, -0.1) is 0 Å². The van der Waals surface area contributed by atoms with Crippen molar-refractivity contribution < 1.29 is 9.53 Å². The van der Waals surface area contributed by atoms with Crippen LogP contribution in [0.3, 0.4) is 0 Å². The smallest absolute Gasteiger partial charge is 0.192 e. The monoisotopic (exact) mass is 231 g/mol. The topological polar surface area (TPSA) is 29.5 Å². The zero-order valence-electron chi connectivity index (χ0n) is 10.3. The number of rotatable bonds is 3. The third-order valence-electron chi connectivity index (χ3n) is 2.87. The molecule has 0 unspecified atom stereocenters. The third kappa shape index (κ3) is 2.67. The molecule has 1 heterocycles. The van der Waals surface area contributed by atoms with Crippen LogP contribution >= 0.6 is 0 Å². The van der Waals surface area contributed by atoms with Crippen molar-refractivity contribution in [1.82, 2.24) is 0 Å². The normalized spacial score (nSPS) is 14.8. The minimum absolute atomic E-state index is 0.0787. The predicted octanol–water partition coefficient (Wildman–Crippen LogP) is 2.63. The van der Waals surface area contributed by atoms with Gasteiger partial charge in [-0.25, -0.2) is 0 Å². The average molecular weight is 231 g/mol. The van der Waals surface area contributed by atoms with Crippen LogP contribution in [0.1, 0.15) is 23.2 Å². The van der Waals surface area contributed by atoms with Crippen LogP contribution in [-0.4, -0.2) is 26.5 Å². The molecule has 1 aliphatic heterocycles. The Labute approximate surface area is 102 Å². The van der Waals surface area contributed by atoms with E-state index in [2.05, 4.69) is 0 Å². The Balaban J connectivity index is 2.17. The molecule has 0 amide bonds. The van der Waals surface area contributed by atoms with Gasteiger partial charge in [0.25, 0.3) is 0 Å².